The summed E-state index contributed by atoms with van der Waals surface area (Å²) in [6.45, 7) is 1.90. The molecule has 1 saturated heterocycles. The quantitative estimate of drug-likeness (QED) is 0.390. The first-order chi connectivity index (χ1) is 13.8. The average Bonchev–Trinajstić information content (AvgIpc) is 3.25. The van der Waals surface area contributed by atoms with Crippen LogP contribution in [0.4, 0.5) is 5.69 Å². The molecule has 0 amide bonds. The van der Waals surface area contributed by atoms with Crippen molar-refractivity contribution < 1.29 is 0 Å². The number of nitrogens with zero attached hydrogens (tertiary/aromatic N) is 3. The Morgan fingerprint density at radius 3 is 2.61 bits per heavy atom. The van der Waals surface area contributed by atoms with Crippen molar-refractivity contribution in [3.63, 3.8) is 0 Å². The molecule has 1 aliphatic rings. The number of thiocarbonyl (C=S) groups is 1. The predicted molar refractivity (Wildman–Crippen MR) is 119 cm³/mol. The Balaban J connectivity index is 1.43. The summed E-state index contributed by atoms with van der Waals surface area (Å²) in [5, 5.41) is 6.39. The summed E-state index contributed by atoms with van der Waals surface area (Å²) >= 11 is 5.75. The molecule has 0 aliphatic carbocycles. The Bertz CT molecular complexity index is 1160. The van der Waals surface area contributed by atoms with Crippen LogP contribution < -0.4 is 5.32 Å². The number of pyridine rings is 2. The van der Waals surface area contributed by atoms with Crippen molar-refractivity contribution in [1.29, 1.82) is 0 Å². The molecule has 0 saturated carbocycles. The largest absolute Gasteiger partial charge is 0.348 e. The van der Waals surface area contributed by atoms with E-state index in [1.54, 1.807) is 0 Å². The van der Waals surface area contributed by atoms with Crippen LogP contribution in [0.15, 0.2) is 73.1 Å². The lowest BCUT2D eigenvalue weighted by molar-refractivity contribution is 0.519. The topological polar surface area (TPSA) is 41.1 Å². The summed E-state index contributed by atoms with van der Waals surface area (Å²) in [5.74, 6) is 0.522. The van der Waals surface area contributed by atoms with E-state index in [1.165, 1.54) is 5.56 Å². The molecule has 0 bridgehead atoms. The first-order valence-corrected chi connectivity index (χ1v) is 9.94. The van der Waals surface area contributed by atoms with Gasteiger partial charge in [0.25, 0.3) is 0 Å². The zero-order valence-electron chi connectivity index (χ0n) is 15.4. The fourth-order valence-corrected chi connectivity index (χ4v) is 4.31. The van der Waals surface area contributed by atoms with Crippen molar-refractivity contribution >= 4 is 44.8 Å². The lowest BCUT2D eigenvalue weighted by atomic mass is 9.99. The number of anilines is 1. The van der Waals surface area contributed by atoms with Gasteiger partial charge in [-0.1, -0.05) is 42.5 Å². The maximum Gasteiger partial charge on any atom is 0.173 e. The summed E-state index contributed by atoms with van der Waals surface area (Å²) in [4.78, 5) is 11.4. The van der Waals surface area contributed by atoms with Gasteiger partial charge in [0.05, 0.1) is 16.7 Å². The molecule has 0 unspecified atom stereocenters. The molecule has 28 heavy (non-hydrogen) atoms. The van der Waals surface area contributed by atoms with Crippen LogP contribution in [-0.2, 0) is 0 Å². The van der Waals surface area contributed by atoms with Crippen LogP contribution in [0.1, 0.15) is 17.9 Å². The lowest BCUT2D eigenvalue weighted by Gasteiger charge is -2.21. The van der Waals surface area contributed by atoms with Crippen molar-refractivity contribution in [3.8, 4) is 0 Å². The third kappa shape index (κ3) is 3.08. The zero-order chi connectivity index (χ0) is 18.9. The highest BCUT2D eigenvalue weighted by atomic mass is 32.1. The van der Waals surface area contributed by atoms with Gasteiger partial charge in [0, 0.05) is 42.2 Å². The van der Waals surface area contributed by atoms with Gasteiger partial charge in [0.1, 0.15) is 0 Å². The minimum atomic E-state index is 0.522. The third-order valence-electron chi connectivity index (χ3n) is 5.46. The molecule has 0 radical (unpaired) electrons. The molecular weight excluding hydrogens is 364 g/mol. The molecule has 4 nitrogen and oxygen atoms in total. The highest BCUT2D eigenvalue weighted by molar-refractivity contribution is 7.80. The van der Waals surface area contributed by atoms with Gasteiger partial charge >= 0.3 is 0 Å². The van der Waals surface area contributed by atoms with Crippen molar-refractivity contribution in [2.45, 2.75) is 12.3 Å². The Labute approximate surface area is 169 Å². The number of aromatic nitrogens is 2. The maximum absolute atomic E-state index is 5.75. The van der Waals surface area contributed by atoms with E-state index in [-0.39, 0.29) is 0 Å². The molecule has 0 spiro atoms. The summed E-state index contributed by atoms with van der Waals surface area (Å²) in [6, 6.07) is 20.8. The Kier molecular flexibility index (Phi) is 4.37. The average molecular weight is 385 g/mol. The second kappa shape index (κ2) is 7.17. The minimum Gasteiger partial charge on any atom is -0.348 e. The van der Waals surface area contributed by atoms with Gasteiger partial charge in [0.15, 0.2) is 5.11 Å². The van der Waals surface area contributed by atoms with Gasteiger partial charge in [-0.05, 0) is 42.4 Å². The number of fused-ring (bicyclic) bond motifs is 3. The van der Waals surface area contributed by atoms with E-state index in [2.05, 4.69) is 62.6 Å². The van der Waals surface area contributed by atoms with E-state index in [1.807, 2.05) is 30.6 Å². The molecule has 2 aromatic heterocycles. The summed E-state index contributed by atoms with van der Waals surface area (Å²) < 4.78 is 0. The molecule has 5 rings (SSSR count). The molecule has 2 aromatic carbocycles. The standard InChI is InChI=1S/C23H20N4S/c28-23(27-13-10-17(15-27)16-6-2-1-3-7-16)26-21-14-20-18(8-4-11-24-20)19-9-5-12-25-22(19)21/h1-9,11-12,14,17H,10,13,15H2,(H,26,28)/t17-/m1/s1. The molecule has 3 heterocycles. The van der Waals surface area contributed by atoms with Crippen LogP contribution in [0, 0.1) is 0 Å². The Morgan fingerprint density at radius 2 is 1.75 bits per heavy atom. The fraction of sp³-hybridized carbons (Fsp3) is 0.174. The van der Waals surface area contributed by atoms with Crippen molar-refractivity contribution in [2.75, 3.05) is 18.4 Å². The van der Waals surface area contributed by atoms with Gasteiger partial charge in [-0.15, -0.1) is 0 Å². The molecule has 1 atom stereocenters. The van der Waals surface area contributed by atoms with Crippen LogP contribution in [-0.4, -0.2) is 33.1 Å². The van der Waals surface area contributed by atoms with Gasteiger partial charge in [0.2, 0.25) is 0 Å². The summed E-state index contributed by atoms with van der Waals surface area (Å²) in [6.07, 6.45) is 4.75. The fourth-order valence-electron chi connectivity index (χ4n) is 4.03. The molecule has 1 fully saturated rings. The lowest BCUT2D eigenvalue weighted by Crippen LogP contribution is -2.32. The van der Waals surface area contributed by atoms with Crippen LogP contribution in [0.3, 0.4) is 0 Å². The molecular formula is C23H20N4S. The number of nitrogens with one attached hydrogen (secondary N) is 1. The van der Waals surface area contributed by atoms with Crippen LogP contribution in [0.2, 0.25) is 0 Å². The first kappa shape index (κ1) is 17.1. The Hall–Kier alpha value is -3.05. The monoisotopic (exact) mass is 384 g/mol. The van der Waals surface area contributed by atoms with Crippen LogP contribution in [0.25, 0.3) is 21.8 Å². The van der Waals surface area contributed by atoms with Crippen molar-refractivity contribution in [3.05, 3.63) is 78.6 Å². The van der Waals surface area contributed by atoms with Crippen LogP contribution >= 0.6 is 12.2 Å². The molecule has 4 aromatic rings. The van der Waals surface area contributed by atoms with E-state index >= 15 is 0 Å². The normalized spacial score (nSPS) is 16.6. The van der Waals surface area contributed by atoms with Gasteiger partial charge in [-0.25, -0.2) is 0 Å². The van der Waals surface area contributed by atoms with E-state index in [4.69, 9.17) is 12.2 Å². The highest BCUT2D eigenvalue weighted by Gasteiger charge is 2.25. The van der Waals surface area contributed by atoms with Gasteiger partial charge in [-0.3, -0.25) is 9.97 Å². The molecule has 1 N–H and O–H groups in total. The molecule has 5 heteroatoms. The van der Waals surface area contributed by atoms with Gasteiger partial charge in [-0.2, -0.15) is 0 Å². The highest BCUT2D eigenvalue weighted by Crippen LogP contribution is 2.31. The molecule has 138 valence electrons. The Morgan fingerprint density at radius 1 is 0.964 bits per heavy atom. The second-order valence-electron chi connectivity index (χ2n) is 7.17. The number of hydrogen-bond acceptors (Lipinski definition) is 3. The van der Waals surface area contributed by atoms with E-state index < -0.39 is 0 Å². The number of rotatable bonds is 2. The first-order valence-electron chi connectivity index (χ1n) is 9.53. The van der Waals surface area contributed by atoms with Gasteiger partial charge < -0.3 is 10.2 Å². The van der Waals surface area contributed by atoms with Crippen molar-refractivity contribution in [2.24, 2.45) is 0 Å². The third-order valence-corrected chi connectivity index (χ3v) is 5.82. The number of hydrogen-bond donors (Lipinski definition) is 1. The number of benzene rings is 2. The molecule has 1 aliphatic heterocycles. The second-order valence-corrected chi connectivity index (χ2v) is 7.55. The SMILES string of the molecule is S=C(Nc1cc2ncccc2c2cccnc12)N1CC[C@@H](c2ccccc2)C1. The number of likely N-dealkylation sites (tertiary alicyclic amines) is 1. The van der Waals surface area contributed by atoms with E-state index in [0.29, 0.717) is 5.92 Å². The van der Waals surface area contributed by atoms with Crippen LogP contribution in [0.5, 0.6) is 0 Å². The minimum absolute atomic E-state index is 0.522. The predicted octanol–water partition coefficient (Wildman–Crippen LogP) is 4.97. The van der Waals surface area contributed by atoms with Crippen molar-refractivity contribution in [1.82, 2.24) is 14.9 Å². The zero-order valence-corrected chi connectivity index (χ0v) is 16.2. The van der Waals surface area contributed by atoms with E-state index in [9.17, 15) is 0 Å². The summed E-state index contributed by atoms with van der Waals surface area (Å²) in [7, 11) is 0. The maximum atomic E-state index is 5.75. The smallest absolute Gasteiger partial charge is 0.173 e. The summed E-state index contributed by atoms with van der Waals surface area (Å²) in [5.41, 5.74) is 4.16. The van der Waals surface area contributed by atoms with E-state index in [0.717, 1.165) is 52.1 Å².